The number of halogens is 1. The maximum absolute atomic E-state index is 13.8. The molecule has 1 unspecified atom stereocenters. The number of benzene rings is 1. The Balaban J connectivity index is 1.35. The predicted molar refractivity (Wildman–Crippen MR) is 95.2 cm³/mol. The molecule has 0 spiro atoms. The quantitative estimate of drug-likeness (QED) is 0.747. The van der Waals surface area contributed by atoms with Crippen LogP contribution in [0.15, 0.2) is 41.1 Å². The third-order valence-electron chi connectivity index (χ3n) is 4.87. The molecule has 0 aliphatic carbocycles. The van der Waals surface area contributed by atoms with E-state index in [0.717, 1.165) is 25.1 Å². The zero-order valence-electron chi connectivity index (χ0n) is 14.8. The van der Waals surface area contributed by atoms with Crippen molar-refractivity contribution in [1.82, 2.24) is 25.2 Å². The van der Waals surface area contributed by atoms with Crippen LogP contribution in [0.4, 0.5) is 4.39 Å². The molecule has 1 aliphatic rings. The number of piperidine rings is 1. The second-order valence-electron chi connectivity index (χ2n) is 6.68. The van der Waals surface area contributed by atoms with Gasteiger partial charge in [-0.1, -0.05) is 17.3 Å². The second-order valence-corrected chi connectivity index (χ2v) is 6.68. The number of aryl methyl sites for hydroxylation is 1. The number of amides is 1. The molecule has 1 aromatic carbocycles. The van der Waals surface area contributed by atoms with Crippen LogP contribution >= 0.6 is 0 Å². The van der Waals surface area contributed by atoms with Crippen LogP contribution in [0.1, 0.15) is 36.8 Å². The number of carbonyl (C=O) groups excluding carboxylic acids is 1. The Kier molecular flexibility index (Phi) is 4.95. The molecule has 3 aromatic rings. The van der Waals surface area contributed by atoms with Crippen molar-refractivity contribution in [3.05, 3.63) is 53.9 Å². The molecule has 0 bridgehead atoms. The lowest BCUT2D eigenvalue weighted by atomic mass is 9.94. The van der Waals surface area contributed by atoms with Gasteiger partial charge in [-0.15, -0.1) is 0 Å². The molecule has 1 amide bonds. The molecule has 2 aromatic heterocycles. The van der Waals surface area contributed by atoms with Gasteiger partial charge < -0.3 is 9.42 Å². The van der Waals surface area contributed by atoms with Gasteiger partial charge in [-0.2, -0.15) is 10.1 Å². The van der Waals surface area contributed by atoms with E-state index in [9.17, 15) is 9.18 Å². The van der Waals surface area contributed by atoms with Crippen molar-refractivity contribution in [2.45, 2.75) is 31.6 Å². The lowest BCUT2D eigenvalue weighted by Gasteiger charge is -2.32. The monoisotopic (exact) mass is 369 g/mol. The lowest BCUT2D eigenvalue weighted by molar-refractivity contribution is -0.132. The predicted octanol–water partition coefficient (Wildman–Crippen LogP) is 2.94. The molecule has 8 heteroatoms. The van der Waals surface area contributed by atoms with Gasteiger partial charge in [-0.05, 0) is 31.0 Å². The standard InChI is InChI=1S/C19H20FN5O2/c20-15-6-2-1-5-14(15)19-22-17(27-24-19)7-8-18(26)25-11-3-4-13(12-25)16-9-10-21-23-16/h1-2,5-6,9-10,13H,3-4,7-8,11-12H2,(H,21,23). The molecule has 1 atom stereocenters. The number of H-pyrrole nitrogens is 1. The Bertz CT molecular complexity index is 908. The minimum Gasteiger partial charge on any atom is -0.342 e. The van der Waals surface area contributed by atoms with E-state index in [1.54, 1.807) is 24.4 Å². The number of likely N-dealkylation sites (tertiary alicyclic amines) is 1. The van der Waals surface area contributed by atoms with Crippen molar-refractivity contribution >= 4 is 5.91 Å². The van der Waals surface area contributed by atoms with E-state index in [4.69, 9.17) is 4.52 Å². The summed E-state index contributed by atoms with van der Waals surface area (Å²) >= 11 is 0. The van der Waals surface area contributed by atoms with E-state index in [0.29, 0.717) is 24.8 Å². The highest BCUT2D eigenvalue weighted by molar-refractivity contribution is 5.76. The summed E-state index contributed by atoms with van der Waals surface area (Å²) in [6, 6.07) is 8.22. The highest BCUT2D eigenvalue weighted by Crippen LogP contribution is 2.26. The van der Waals surface area contributed by atoms with Gasteiger partial charge in [-0.3, -0.25) is 9.89 Å². The first kappa shape index (κ1) is 17.4. The van der Waals surface area contributed by atoms with Gasteiger partial charge in [0.15, 0.2) is 0 Å². The smallest absolute Gasteiger partial charge is 0.227 e. The molecule has 27 heavy (non-hydrogen) atoms. The number of aromatic amines is 1. The fourth-order valence-corrected chi connectivity index (χ4v) is 3.43. The van der Waals surface area contributed by atoms with Crippen LogP contribution in [0.3, 0.4) is 0 Å². The van der Waals surface area contributed by atoms with Crippen LogP contribution in [0.25, 0.3) is 11.4 Å². The minimum absolute atomic E-state index is 0.0601. The zero-order chi connectivity index (χ0) is 18.6. The molecule has 0 saturated carbocycles. The topological polar surface area (TPSA) is 87.9 Å². The third-order valence-corrected chi connectivity index (χ3v) is 4.87. The summed E-state index contributed by atoms with van der Waals surface area (Å²) in [6.07, 6.45) is 4.37. The van der Waals surface area contributed by atoms with Crippen LogP contribution in [0.2, 0.25) is 0 Å². The summed E-state index contributed by atoms with van der Waals surface area (Å²) in [5.41, 5.74) is 1.36. The molecule has 7 nitrogen and oxygen atoms in total. The number of hydrogen-bond donors (Lipinski definition) is 1. The average molecular weight is 369 g/mol. The van der Waals surface area contributed by atoms with Gasteiger partial charge in [0.25, 0.3) is 0 Å². The maximum Gasteiger partial charge on any atom is 0.227 e. The van der Waals surface area contributed by atoms with Crippen molar-refractivity contribution in [1.29, 1.82) is 0 Å². The van der Waals surface area contributed by atoms with Crippen LogP contribution in [0.5, 0.6) is 0 Å². The molecule has 1 N–H and O–H groups in total. The van der Waals surface area contributed by atoms with Crippen molar-refractivity contribution in [2.75, 3.05) is 13.1 Å². The summed E-state index contributed by atoms with van der Waals surface area (Å²) in [7, 11) is 0. The first-order chi connectivity index (χ1) is 13.2. The van der Waals surface area contributed by atoms with Gasteiger partial charge >= 0.3 is 0 Å². The summed E-state index contributed by atoms with van der Waals surface area (Å²) in [4.78, 5) is 18.7. The average Bonchev–Trinajstić information content (AvgIpc) is 3.39. The van der Waals surface area contributed by atoms with Crippen molar-refractivity contribution in [2.24, 2.45) is 0 Å². The number of rotatable bonds is 5. The largest absolute Gasteiger partial charge is 0.342 e. The van der Waals surface area contributed by atoms with Crippen molar-refractivity contribution < 1.29 is 13.7 Å². The van der Waals surface area contributed by atoms with Gasteiger partial charge in [0.1, 0.15) is 5.82 Å². The van der Waals surface area contributed by atoms with Gasteiger partial charge in [0, 0.05) is 43.7 Å². The number of carbonyl (C=O) groups is 1. The van der Waals surface area contributed by atoms with Crippen LogP contribution < -0.4 is 0 Å². The number of aromatic nitrogens is 4. The Hall–Kier alpha value is -3.03. The highest BCUT2D eigenvalue weighted by atomic mass is 19.1. The summed E-state index contributed by atoms with van der Waals surface area (Å²) < 4.78 is 19.0. The second kappa shape index (κ2) is 7.69. The van der Waals surface area contributed by atoms with Crippen molar-refractivity contribution in [3.8, 4) is 11.4 Å². The Morgan fingerprint density at radius 3 is 3.04 bits per heavy atom. The Morgan fingerprint density at radius 2 is 2.22 bits per heavy atom. The SMILES string of the molecule is O=C(CCc1nc(-c2ccccc2F)no1)N1CCCC(c2ccn[nH]2)C1. The van der Waals surface area contributed by atoms with Gasteiger partial charge in [0.05, 0.1) is 5.56 Å². The molecule has 4 rings (SSSR count). The Labute approximate surface area is 155 Å². The number of nitrogens with one attached hydrogen (secondary N) is 1. The van der Waals surface area contributed by atoms with E-state index in [-0.39, 0.29) is 23.7 Å². The van der Waals surface area contributed by atoms with E-state index in [1.165, 1.54) is 6.07 Å². The van der Waals surface area contributed by atoms with Gasteiger partial charge in [-0.25, -0.2) is 4.39 Å². The zero-order valence-corrected chi connectivity index (χ0v) is 14.8. The molecule has 140 valence electrons. The molecular formula is C19H20FN5O2. The fraction of sp³-hybridized carbons (Fsp3) is 0.368. The van der Waals surface area contributed by atoms with Crippen LogP contribution in [0, 0.1) is 5.82 Å². The third kappa shape index (κ3) is 3.89. The summed E-state index contributed by atoms with van der Waals surface area (Å²) in [6.45, 7) is 1.44. The molecule has 1 fully saturated rings. The number of nitrogens with zero attached hydrogens (tertiary/aromatic N) is 4. The van der Waals surface area contributed by atoms with E-state index >= 15 is 0 Å². The summed E-state index contributed by atoms with van der Waals surface area (Å²) in [5, 5.41) is 10.8. The van der Waals surface area contributed by atoms with Crippen LogP contribution in [-0.4, -0.2) is 44.2 Å². The number of hydrogen-bond acceptors (Lipinski definition) is 5. The lowest BCUT2D eigenvalue weighted by Crippen LogP contribution is -2.39. The van der Waals surface area contributed by atoms with E-state index in [2.05, 4.69) is 20.3 Å². The molecule has 1 saturated heterocycles. The van der Waals surface area contributed by atoms with E-state index in [1.807, 2.05) is 11.0 Å². The van der Waals surface area contributed by atoms with E-state index < -0.39 is 5.82 Å². The fourth-order valence-electron chi connectivity index (χ4n) is 3.43. The molecular weight excluding hydrogens is 349 g/mol. The van der Waals surface area contributed by atoms with Gasteiger partial charge in [0.2, 0.25) is 17.6 Å². The normalized spacial score (nSPS) is 17.2. The first-order valence-electron chi connectivity index (χ1n) is 9.05. The van der Waals surface area contributed by atoms with Crippen molar-refractivity contribution in [3.63, 3.8) is 0 Å². The maximum atomic E-state index is 13.8. The summed E-state index contributed by atoms with van der Waals surface area (Å²) in [5.74, 6) is 0.488. The highest BCUT2D eigenvalue weighted by Gasteiger charge is 2.25. The Morgan fingerprint density at radius 1 is 1.33 bits per heavy atom. The molecule has 1 aliphatic heterocycles. The molecule has 0 radical (unpaired) electrons. The molecule has 3 heterocycles. The minimum atomic E-state index is -0.404. The van der Waals surface area contributed by atoms with Crippen LogP contribution in [-0.2, 0) is 11.2 Å². The first-order valence-corrected chi connectivity index (χ1v) is 9.05.